The van der Waals surface area contributed by atoms with Crippen molar-refractivity contribution in [2.75, 3.05) is 11.9 Å². The van der Waals surface area contributed by atoms with Crippen LogP contribution in [-0.2, 0) is 4.79 Å². The smallest absolute Gasteiger partial charge is 0.274 e. The highest BCUT2D eigenvalue weighted by atomic mass is 16.5. The molecule has 0 aliphatic carbocycles. The minimum Gasteiger partial charge on any atom is -0.489 e. The van der Waals surface area contributed by atoms with Crippen LogP contribution in [0.15, 0.2) is 109 Å². The quantitative estimate of drug-likeness (QED) is 0.114. The van der Waals surface area contributed by atoms with E-state index in [1.54, 1.807) is 48.1 Å². The lowest BCUT2D eigenvalue weighted by Gasteiger charge is -2.13. The van der Waals surface area contributed by atoms with Gasteiger partial charge in [0.2, 0.25) is 0 Å². The molecule has 8 nitrogen and oxygen atoms in total. The van der Waals surface area contributed by atoms with Crippen LogP contribution in [0.1, 0.15) is 15.9 Å². The average molecular weight is 529 g/mol. The lowest BCUT2D eigenvalue weighted by atomic mass is 10.1. The average Bonchev–Trinajstić information content (AvgIpc) is 3.37. The van der Waals surface area contributed by atoms with E-state index in [1.807, 2.05) is 60.7 Å². The number of hydrogen-bond acceptors (Lipinski definition) is 5. The summed E-state index contributed by atoms with van der Waals surface area (Å²) >= 11 is 0. The van der Waals surface area contributed by atoms with E-state index in [4.69, 9.17) is 9.94 Å². The van der Waals surface area contributed by atoms with Gasteiger partial charge in [-0.1, -0.05) is 48.5 Å². The number of fused-ring (bicyclic) bond motifs is 4. The first-order valence-corrected chi connectivity index (χ1v) is 12.6. The maximum absolute atomic E-state index is 13.5. The fourth-order valence-corrected chi connectivity index (χ4v) is 4.66. The van der Waals surface area contributed by atoms with Gasteiger partial charge >= 0.3 is 0 Å². The van der Waals surface area contributed by atoms with E-state index >= 15 is 0 Å². The minimum atomic E-state index is -0.618. The Morgan fingerprint density at radius 1 is 0.875 bits per heavy atom. The Kier molecular flexibility index (Phi) is 6.66. The number of rotatable bonds is 7. The fourth-order valence-electron chi connectivity index (χ4n) is 4.66. The summed E-state index contributed by atoms with van der Waals surface area (Å²) in [7, 11) is 0. The molecule has 6 aromatic rings. The van der Waals surface area contributed by atoms with Gasteiger partial charge in [-0.2, -0.15) is 0 Å². The summed E-state index contributed by atoms with van der Waals surface area (Å²) in [6, 6.07) is 29.8. The molecule has 0 radical (unpaired) electrons. The molecule has 0 aliphatic rings. The molecular formula is C32H24N4O4. The van der Waals surface area contributed by atoms with Crippen molar-refractivity contribution in [1.82, 2.24) is 15.4 Å². The van der Waals surface area contributed by atoms with Gasteiger partial charge < -0.3 is 15.0 Å². The van der Waals surface area contributed by atoms with Crippen molar-refractivity contribution in [3.05, 3.63) is 120 Å². The van der Waals surface area contributed by atoms with Crippen LogP contribution in [-0.4, -0.2) is 33.6 Å². The van der Waals surface area contributed by atoms with Crippen molar-refractivity contribution < 1.29 is 19.5 Å². The number of carbonyl (C=O) groups is 2. The maximum atomic E-state index is 13.5. The number of H-pyrrole nitrogens is 1. The van der Waals surface area contributed by atoms with Crippen molar-refractivity contribution in [3.8, 4) is 5.75 Å². The van der Waals surface area contributed by atoms with Crippen LogP contribution in [0, 0.1) is 0 Å². The first kappa shape index (κ1) is 24.8. The number of nitrogens with zero attached hydrogens (tertiary/aromatic N) is 1. The first-order valence-electron chi connectivity index (χ1n) is 12.6. The second-order valence-electron chi connectivity index (χ2n) is 9.23. The topological polar surface area (TPSA) is 116 Å². The van der Waals surface area contributed by atoms with E-state index < -0.39 is 5.91 Å². The number of hydroxylamine groups is 1. The number of hydrogen-bond donors (Lipinski definition) is 4. The largest absolute Gasteiger partial charge is 0.489 e. The lowest BCUT2D eigenvalue weighted by molar-refractivity contribution is -0.113. The summed E-state index contributed by atoms with van der Waals surface area (Å²) in [5.74, 6) is -0.353. The zero-order chi connectivity index (χ0) is 27.5. The number of carbonyl (C=O) groups excluding carboxylic acids is 2. The highest BCUT2D eigenvalue weighted by molar-refractivity contribution is 6.10. The van der Waals surface area contributed by atoms with Crippen molar-refractivity contribution in [2.45, 2.75) is 0 Å². The van der Waals surface area contributed by atoms with Crippen LogP contribution >= 0.6 is 0 Å². The number of para-hydroxylation sites is 2. The Hall–Kier alpha value is -5.47. The van der Waals surface area contributed by atoms with Crippen LogP contribution in [0.5, 0.6) is 5.75 Å². The molecule has 0 spiro atoms. The Morgan fingerprint density at radius 3 is 2.52 bits per heavy atom. The van der Waals surface area contributed by atoms with Crippen LogP contribution in [0.2, 0.25) is 0 Å². The number of aromatic nitrogens is 2. The van der Waals surface area contributed by atoms with Crippen molar-refractivity contribution in [1.29, 1.82) is 0 Å². The molecule has 0 atom stereocenters. The molecular weight excluding hydrogens is 504 g/mol. The number of pyridine rings is 1. The van der Waals surface area contributed by atoms with E-state index in [0.717, 1.165) is 27.2 Å². The standard InChI is InChI=1S/C32H24N4O4/c37-31(35-28-9-3-5-21-6-4-16-33-30(21)28)23(17-20-10-12-22(13-11-20)32(38)36-39)19-40-24-14-15-26-25-7-1-2-8-27(25)34-29(26)18-24/h1-18,34,39H,19H2,(H,35,37)(H,36,38). The summed E-state index contributed by atoms with van der Waals surface area (Å²) in [6.07, 6.45) is 3.39. The zero-order valence-corrected chi connectivity index (χ0v) is 21.2. The molecule has 4 aromatic carbocycles. The first-order chi connectivity index (χ1) is 19.6. The summed E-state index contributed by atoms with van der Waals surface area (Å²) in [5, 5.41) is 15.0. The molecule has 8 heteroatoms. The molecule has 0 aliphatic heterocycles. The molecule has 2 amide bonds. The van der Waals surface area contributed by atoms with E-state index in [0.29, 0.717) is 28.1 Å². The number of benzene rings is 4. The summed E-state index contributed by atoms with van der Waals surface area (Å²) in [6.45, 7) is -0.00532. The van der Waals surface area contributed by atoms with E-state index in [9.17, 15) is 9.59 Å². The second-order valence-corrected chi connectivity index (χ2v) is 9.23. The normalized spacial score (nSPS) is 11.6. The van der Waals surface area contributed by atoms with Gasteiger partial charge in [0, 0.05) is 39.5 Å². The number of amides is 2. The molecule has 40 heavy (non-hydrogen) atoms. The van der Waals surface area contributed by atoms with Gasteiger partial charge in [0.05, 0.1) is 22.3 Å². The Balaban J connectivity index is 1.30. The Morgan fingerprint density at radius 2 is 1.68 bits per heavy atom. The minimum absolute atomic E-state index is 0.00532. The van der Waals surface area contributed by atoms with Gasteiger partial charge in [0.15, 0.2) is 0 Å². The van der Waals surface area contributed by atoms with Gasteiger partial charge in [-0.15, -0.1) is 0 Å². The molecule has 0 unspecified atom stereocenters. The molecule has 0 saturated heterocycles. The summed E-state index contributed by atoms with van der Waals surface area (Å²) in [4.78, 5) is 33.1. The predicted molar refractivity (Wildman–Crippen MR) is 155 cm³/mol. The van der Waals surface area contributed by atoms with E-state index in [1.165, 1.54) is 0 Å². The predicted octanol–water partition coefficient (Wildman–Crippen LogP) is 6.09. The molecule has 0 fully saturated rings. The van der Waals surface area contributed by atoms with Gasteiger partial charge in [0.1, 0.15) is 12.4 Å². The third kappa shape index (κ3) is 4.99. The molecule has 2 aromatic heterocycles. The van der Waals surface area contributed by atoms with Crippen molar-refractivity contribution >= 4 is 56.3 Å². The van der Waals surface area contributed by atoms with Gasteiger partial charge in [0.25, 0.3) is 11.8 Å². The van der Waals surface area contributed by atoms with Crippen LogP contribution in [0.25, 0.3) is 38.8 Å². The number of aromatic amines is 1. The third-order valence-corrected chi connectivity index (χ3v) is 6.66. The monoisotopic (exact) mass is 528 g/mol. The Labute approximate surface area is 228 Å². The number of nitrogens with one attached hydrogen (secondary N) is 3. The van der Waals surface area contributed by atoms with Crippen LogP contribution in [0.4, 0.5) is 5.69 Å². The Bertz CT molecular complexity index is 1900. The van der Waals surface area contributed by atoms with Crippen molar-refractivity contribution in [2.24, 2.45) is 0 Å². The van der Waals surface area contributed by atoms with Gasteiger partial charge in [-0.25, -0.2) is 5.48 Å². The van der Waals surface area contributed by atoms with E-state index in [-0.39, 0.29) is 18.1 Å². The molecule has 0 saturated carbocycles. The summed E-state index contributed by atoms with van der Waals surface area (Å²) < 4.78 is 6.11. The van der Waals surface area contributed by atoms with Gasteiger partial charge in [-0.3, -0.25) is 19.8 Å². The van der Waals surface area contributed by atoms with Gasteiger partial charge in [-0.05, 0) is 54.1 Å². The molecule has 4 N–H and O–H groups in total. The highest BCUT2D eigenvalue weighted by Gasteiger charge is 2.15. The highest BCUT2D eigenvalue weighted by Crippen LogP contribution is 2.29. The number of ether oxygens (including phenoxy) is 1. The fraction of sp³-hybridized carbons (Fsp3) is 0.0312. The molecule has 196 valence electrons. The zero-order valence-electron chi connectivity index (χ0n) is 21.2. The van der Waals surface area contributed by atoms with Crippen LogP contribution in [0.3, 0.4) is 0 Å². The van der Waals surface area contributed by atoms with Crippen LogP contribution < -0.4 is 15.5 Å². The molecule has 6 rings (SSSR count). The summed E-state index contributed by atoms with van der Waals surface area (Å²) in [5.41, 5.74) is 6.20. The number of anilines is 1. The lowest BCUT2D eigenvalue weighted by Crippen LogP contribution is -2.19. The SMILES string of the molecule is O=C(Nc1cccc2cccnc12)C(=Cc1ccc(C(=O)NO)cc1)COc1ccc2c(c1)[nH]c1ccccc12. The maximum Gasteiger partial charge on any atom is 0.274 e. The molecule has 0 bridgehead atoms. The van der Waals surface area contributed by atoms with Crippen molar-refractivity contribution in [3.63, 3.8) is 0 Å². The third-order valence-electron chi connectivity index (χ3n) is 6.66. The molecule has 2 heterocycles. The second kappa shape index (κ2) is 10.7. The van der Waals surface area contributed by atoms with E-state index in [2.05, 4.69) is 21.4 Å².